The van der Waals surface area contributed by atoms with Gasteiger partial charge in [0.05, 0.1) is 0 Å². The zero-order valence-corrected chi connectivity index (χ0v) is 7.40. The van der Waals surface area contributed by atoms with E-state index in [4.69, 9.17) is 0 Å². The molecular formula is C12H11N. The second-order valence-corrected chi connectivity index (χ2v) is 3.57. The highest BCUT2D eigenvalue weighted by Crippen LogP contribution is 2.21. The Bertz CT molecular complexity index is 400. The molecule has 0 unspecified atom stereocenters. The number of aromatic nitrogens is 1. The molecule has 2 aromatic rings. The van der Waals surface area contributed by atoms with Crippen LogP contribution in [0.5, 0.6) is 0 Å². The molecule has 1 heteroatoms. The second kappa shape index (κ2) is 2.49. The molecule has 64 valence electrons. The summed E-state index contributed by atoms with van der Waals surface area (Å²) < 4.78 is 2.32. The maximum Gasteiger partial charge on any atom is 0.0475 e. The molecule has 0 radical (unpaired) electrons. The maximum atomic E-state index is 2.32. The van der Waals surface area contributed by atoms with E-state index in [-0.39, 0.29) is 0 Å². The van der Waals surface area contributed by atoms with Crippen LogP contribution in [0.1, 0.15) is 16.8 Å². The van der Waals surface area contributed by atoms with Crippen LogP contribution < -0.4 is 0 Å². The van der Waals surface area contributed by atoms with Crippen molar-refractivity contribution in [3.63, 3.8) is 0 Å². The summed E-state index contributed by atoms with van der Waals surface area (Å²) in [6.45, 7) is 1.04. The molecule has 0 saturated carbocycles. The number of benzene rings is 1. The largest absolute Gasteiger partial charge is 0.347 e. The Labute approximate surface area is 77.6 Å². The summed E-state index contributed by atoms with van der Waals surface area (Å²) in [6.07, 6.45) is 3.24. The lowest BCUT2D eigenvalue weighted by Crippen LogP contribution is -2.12. The van der Waals surface area contributed by atoms with E-state index in [9.17, 15) is 0 Å². The van der Waals surface area contributed by atoms with Crippen LogP contribution >= 0.6 is 0 Å². The molecule has 0 atom stereocenters. The zero-order chi connectivity index (χ0) is 8.67. The van der Waals surface area contributed by atoms with Crippen molar-refractivity contribution in [3.8, 4) is 0 Å². The van der Waals surface area contributed by atoms with Crippen molar-refractivity contribution in [2.45, 2.75) is 13.0 Å². The maximum absolute atomic E-state index is 2.32. The summed E-state index contributed by atoms with van der Waals surface area (Å²) in [4.78, 5) is 0. The van der Waals surface area contributed by atoms with Crippen LogP contribution in [0.2, 0.25) is 0 Å². The van der Waals surface area contributed by atoms with E-state index >= 15 is 0 Å². The van der Waals surface area contributed by atoms with Crippen molar-refractivity contribution in [1.82, 2.24) is 4.57 Å². The molecule has 3 rings (SSSR count). The van der Waals surface area contributed by atoms with E-state index in [1.807, 2.05) is 0 Å². The molecular weight excluding hydrogens is 158 g/mol. The van der Waals surface area contributed by atoms with Gasteiger partial charge in [-0.25, -0.2) is 0 Å². The second-order valence-electron chi connectivity index (χ2n) is 3.57. The molecule has 0 bridgehead atoms. The van der Waals surface area contributed by atoms with Gasteiger partial charge >= 0.3 is 0 Å². The Kier molecular flexibility index (Phi) is 1.33. The third-order valence-corrected chi connectivity index (χ3v) is 2.75. The minimum absolute atomic E-state index is 1.04. The predicted octanol–water partition coefficient (Wildman–Crippen LogP) is 2.44. The Hall–Kier alpha value is -1.50. The van der Waals surface area contributed by atoms with Gasteiger partial charge in [0.2, 0.25) is 0 Å². The molecule has 0 spiro atoms. The highest BCUT2D eigenvalue weighted by atomic mass is 15.0. The molecule has 0 fully saturated rings. The average molecular weight is 169 g/mol. The molecule has 13 heavy (non-hydrogen) atoms. The minimum atomic E-state index is 1.04. The van der Waals surface area contributed by atoms with E-state index in [1.54, 1.807) is 0 Å². The first-order valence-corrected chi connectivity index (χ1v) is 4.64. The van der Waals surface area contributed by atoms with E-state index in [0.717, 1.165) is 13.0 Å². The molecule has 0 N–H and O–H groups in total. The third kappa shape index (κ3) is 1.00. The molecule has 0 amide bonds. The quantitative estimate of drug-likeness (QED) is 0.487. The van der Waals surface area contributed by atoms with Gasteiger partial charge in [0.15, 0.2) is 0 Å². The molecule has 1 nitrogen and oxygen atoms in total. The van der Waals surface area contributed by atoms with Crippen LogP contribution in [0.4, 0.5) is 0 Å². The first-order chi connectivity index (χ1) is 6.43. The Balaban J connectivity index is 2.14. The molecule has 1 aromatic carbocycles. The minimum Gasteiger partial charge on any atom is -0.347 e. The smallest absolute Gasteiger partial charge is 0.0475 e. The Morgan fingerprint density at radius 2 is 1.77 bits per heavy atom. The molecule has 0 saturated heterocycles. The Morgan fingerprint density at radius 3 is 2.69 bits per heavy atom. The molecule has 1 aromatic heterocycles. The van der Waals surface area contributed by atoms with E-state index in [0.29, 0.717) is 0 Å². The van der Waals surface area contributed by atoms with Crippen molar-refractivity contribution >= 4 is 0 Å². The summed E-state index contributed by atoms with van der Waals surface area (Å²) >= 11 is 0. The third-order valence-electron chi connectivity index (χ3n) is 2.75. The van der Waals surface area contributed by atoms with Crippen LogP contribution in [0.3, 0.4) is 0 Å². The van der Waals surface area contributed by atoms with Gasteiger partial charge in [-0.05, 0) is 23.3 Å². The van der Waals surface area contributed by atoms with Gasteiger partial charge in [0.25, 0.3) is 0 Å². The van der Waals surface area contributed by atoms with Crippen LogP contribution in [-0.2, 0) is 13.0 Å². The fourth-order valence-electron chi connectivity index (χ4n) is 2.03. The van der Waals surface area contributed by atoms with Crippen molar-refractivity contribution in [2.24, 2.45) is 0 Å². The topological polar surface area (TPSA) is 4.93 Å². The highest BCUT2D eigenvalue weighted by Gasteiger charge is 2.12. The van der Waals surface area contributed by atoms with Crippen molar-refractivity contribution in [2.75, 3.05) is 0 Å². The van der Waals surface area contributed by atoms with E-state index < -0.39 is 0 Å². The van der Waals surface area contributed by atoms with Crippen molar-refractivity contribution < 1.29 is 0 Å². The van der Waals surface area contributed by atoms with Crippen LogP contribution in [0.15, 0.2) is 42.6 Å². The number of hydrogen-bond donors (Lipinski definition) is 0. The summed E-state index contributed by atoms with van der Waals surface area (Å²) in [7, 11) is 0. The number of fused-ring (bicyclic) bond motifs is 2. The SMILES string of the molecule is c1ccc2c(c1)Cc1cccn1C2. The van der Waals surface area contributed by atoms with Crippen molar-refractivity contribution in [1.29, 1.82) is 0 Å². The van der Waals surface area contributed by atoms with Crippen molar-refractivity contribution in [3.05, 3.63) is 59.4 Å². The van der Waals surface area contributed by atoms with Gasteiger partial charge in [-0.2, -0.15) is 0 Å². The van der Waals surface area contributed by atoms with Crippen LogP contribution in [0, 0.1) is 0 Å². The lowest BCUT2D eigenvalue weighted by molar-refractivity contribution is 0.719. The molecule has 1 aliphatic rings. The van der Waals surface area contributed by atoms with E-state index in [2.05, 4.69) is 47.2 Å². The van der Waals surface area contributed by atoms with Gasteiger partial charge in [0, 0.05) is 24.9 Å². The van der Waals surface area contributed by atoms with Gasteiger partial charge in [-0.3, -0.25) is 0 Å². The lowest BCUT2D eigenvalue weighted by atomic mass is 10.00. The Morgan fingerprint density at radius 1 is 0.923 bits per heavy atom. The number of nitrogens with zero attached hydrogens (tertiary/aromatic N) is 1. The summed E-state index contributed by atoms with van der Waals surface area (Å²) in [5.74, 6) is 0. The monoisotopic (exact) mass is 169 g/mol. The average Bonchev–Trinajstić information content (AvgIpc) is 2.61. The van der Waals surface area contributed by atoms with E-state index in [1.165, 1.54) is 16.8 Å². The fourth-order valence-corrected chi connectivity index (χ4v) is 2.03. The fraction of sp³-hybridized carbons (Fsp3) is 0.167. The van der Waals surface area contributed by atoms with Gasteiger partial charge < -0.3 is 4.57 Å². The normalized spacial score (nSPS) is 13.5. The van der Waals surface area contributed by atoms with Gasteiger partial charge in [-0.1, -0.05) is 24.3 Å². The summed E-state index contributed by atoms with van der Waals surface area (Å²) in [5.41, 5.74) is 4.37. The number of hydrogen-bond acceptors (Lipinski definition) is 0. The first kappa shape index (κ1) is 6.96. The first-order valence-electron chi connectivity index (χ1n) is 4.64. The van der Waals surface area contributed by atoms with Crippen LogP contribution in [-0.4, -0.2) is 4.57 Å². The highest BCUT2D eigenvalue weighted by molar-refractivity contribution is 5.35. The summed E-state index contributed by atoms with van der Waals surface area (Å²) in [6, 6.07) is 13.0. The standard InChI is InChI=1S/C12H11N/c1-2-5-11-9-13-7-3-6-12(13)8-10(11)4-1/h1-7H,8-9H2. The van der Waals surface area contributed by atoms with Gasteiger partial charge in [-0.15, -0.1) is 0 Å². The number of rotatable bonds is 0. The molecule has 2 heterocycles. The van der Waals surface area contributed by atoms with Crippen LogP contribution in [0.25, 0.3) is 0 Å². The summed E-state index contributed by atoms with van der Waals surface area (Å²) in [5, 5.41) is 0. The zero-order valence-electron chi connectivity index (χ0n) is 7.40. The molecule has 1 aliphatic heterocycles. The van der Waals surface area contributed by atoms with Gasteiger partial charge in [0.1, 0.15) is 0 Å². The predicted molar refractivity (Wildman–Crippen MR) is 52.8 cm³/mol. The molecule has 0 aliphatic carbocycles. The lowest BCUT2D eigenvalue weighted by Gasteiger charge is -2.18.